The fourth-order valence-electron chi connectivity index (χ4n) is 1.77. The molecule has 1 aliphatic rings. The van der Waals surface area contributed by atoms with Crippen LogP contribution in [0.15, 0.2) is 23.2 Å². The quantitative estimate of drug-likeness (QED) is 0.882. The average Bonchev–Trinajstić information content (AvgIpc) is 2.73. The number of benzene rings is 1. The van der Waals surface area contributed by atoms with Gasteiger partial charge in [0.15, 0.2) is 5.17 Å². The molecule has 2 rings (SSSR count). The van der Waals surface area contributed by atoms with Crippen LogP contribution in [0.2, 0.25) is 5.02 Å². The number of hydrogen-bond donors (Lipinski definition) is 2. The van der Waals surface area contributed by atoms with Gasteiger partial charge in [0.25, 0.3) is 5.91 Å². The number of anilines is 1. The highest BCUT2D eigenvalue weighted by Crippen LogP contribution is 2.25. The van der Waals surface area contributed by atoms with Crippen molar-refractivity contribution in [1.82, 2.24) is 5.32 Å². The number of amidine groups is 1. The third kappa shape index (κ3) is 4.32. The number of aryl methyl sites for hydroxylation is 1. The molecule has 0 fully saturated rings. The van der Waals surface area contributed by atoms with E-state index < -0.39 is 11.2 Å². The van der Waals surface area contributed by atoms with Crippen LogP contribution in [0, 0.1) is 6.92 Å². The molecule has 0 bridgehead atoms. The largest absolute Gasteiger partial charge is 0.326 e. The summed E-state index contributed by atoms with van der Waals surface area (Å²) < 4.78 is 0. The van der Waals surface area contributed by atoms with Crippen molar-refractivity contribution in [2.24, 2.45) is 4.99 Å². The van der Waals surface area contributed by atoms with Crippen molar-refractivity contribution in [3.63, 3.8) is 0 Å². The monoisotopic (exact) mass is 339 g/mol. The molecule has 116 valence electrons. The highest BCUT2D eigenvalue weighted by atomic mass is 35.5. The molecule has 0 aliphatic carbocycles. The molecule has 2 N–H and O–H groups in total. The van der Waals surface area contributed by atoms with Crippen molar-refractivity contribution in [3.8, 4) is 0 Å². The highest BCUT2D eigenvalue weighted by Gasteiger charge is 2.30. The molecule has 1 aliphatic heterocycles. The Morgan fingerprint density at radius 2 is 2.09 bits per heavy atom. The number of hydrogen-bond acceptors (Lipinski definition) is 4. The van der Waals surface area contributed by atoms with E-state index in [1.807, 2.05) is 6.92 Å². The number of carbonyl (C=O) groups is 3. The standard InChI is InChI=1S/C14H14ClN3O3S/c1-7-3-4-9(5-10(7)15)17-12(20)6-11-13(21)18-14(22-11)16-8(2)19/h3-5,11H,6H2,1-2H3,(H,17,20)(H,16,18,19,21)/t11-/m0/s1. The average molecular weight is 340 g/mol. The summed E-state index contributed by atoms with van der Waals surface area (Å²) in [7, 11) is 0. The first-order chi connectivity index (χ1) is 10.3. The maximum atomic E-state index is 12.0. The summed E-state index contributed by atoms with van der Waals surface area (Å²) in [6.07, 6.45) is -0.0262. The van der Waals surface area contributed by atoms with Gasteiger partial charge in [-0.2, -0.15) is 4.99 Å². The van der Waals surface area contributed by atoms with Crippen LogP contribution in [-0.4, -0.2) is 28.1 Å². The third-order valence-corrected chi connectivity index (χ3v) is 4.33. The van der Waals surface area contributed by atoms with E-state index in [9.17, 15) is 14.4 Å². The Kier molecular flexibility index (Phi) is 5.20. The third-order valence-electron chi connectivity index (χ3n) is 2.85. The lowest BCUT2D eigenvalue weighted by molar-refractivity contribution is -0.121. The molecule has 0 saturated heterocycles. The first kappa shape index (κ1) is 16.5. The second kappa shape index (κ2) is 6.93. The molecule has 1 heterocycles. The van der Waals surface area contributed by atoms with Crippen LogP contribution in [0.1, 0.15) is 18.9 Å². The zero-order valence-electron chi connectivity index (χ0n) is 12.0. The molecule has 3 amide bonds. The summed E-state index contributed by atoms with van der Waals surface area (Å²) in [5.41, 5.74) is 1.48. The molecule has 0 spiro atoms. The van der Waals surface area contributed by atoms with E-state index >= 15 is 0 Å². The summed E-state index contributed by atoms with van der Waals surface area (Å²) in [6, 6.07) is 5.19. The molecular formula is C14H14ClN3O3S. The lowest BCUT2D eigenvalue weighted by atomic mass is 10.2. The molecule has 0 aromatic heterocycles. The molecule has 0 saturated carbocycles. The van der Waals surface area contributed by atoms with Gasteiger partial charge in [0.1, 0.15) is 5.25 Å². The van der Waals surface area contributed by atoms with Crippen LogP contribution in [0.25, 0.3) is 0 Å². The molecule has 0 unspecified atom stereocenters. The lowest BCUT2D eigenvalue weighted by Gasteiger charge is -2.09. The maximum absolute atomic E-state index is 12.0. The molecule has 0 radical (unpaired) electrons. The summed E-state index contributed by atoms with van der Waals surface area (Å²) in [4.78, 5) is 38.3. The summed E-state index contributed by atoms with van der Waals surface area (Å²) in [5.74, 6) is -1.05. The van der Waals surface area contributed by atoms with Crippen molar-refractivity contribution in [2.75, 3.05) is 5.32 Å². The Labute approximate surface area is 136 Å². The SMILES string of the molecule is CC(=O)NC1=NC(=O)[C@H](CC(=O)Nc2ccc(C)c(Cl)c2)S1. The number of nitrogens with zero attached hydrogens (tertiary/aromatic N) is 1. The van der Waals surface area contributed by atoms with Crippen molar-refractivity contribution in [2.45, 2.75) is 25.5 Å². The van der Waals surface area contributed by atoms with Crippen molar-refractivity contribution in [1.29, 1.82) is 0 Å². The van der Waals surface area contributed by atoms with Gasteiger partial charge in [0.2, 0.25) is 11.8 Å². The number of halogens is 1. The van der Waals surface area contributed by atoms with Gasteiger partial charge < -0.3 is 10.6 Å². The van der Waals surface area contributed by atoms with E-state index in [-0.39, 0.29) is 23.4 Å². The summed E-state index contributed by atoms with van der Waals surface area (Å²) in [5, 5.41) is 5.29. The Bertz CT molecular complexity index is 675. The van der Waals surface area contributed by atoms with E-state index in [2.05, 4.69) is 15.6 Å². The Morgan fingerprint density at radius 3 is 2.73 bits per heavy atom. The highest BCUT2D eigenvalue weighted by molar-refractivity contribution is 8.15. The fraction of sp³-hybridized carbons (Fsp3) is 0.286. The van der Waals surface area contributed by atoms with E-state index in [1.165, 1.54) is 6.92 Å². The molecule has 1 atom stereocenters. The van der Waals surface area contributed by atoms with Gasteiger partial charge in [0.05, 0.1) is 0 Å². The number of carbonyl (C=O) groups excluding carboxylic acids is 3. The van der Waals surface area contributed by atoms with Crippen LogP contribution in [0.5, 0.6) is 0 Å². The molecule has 1 aromatic rings. The molecule has 1 aromatic carbocycles. The second-order valence-electron chi connectivity index (χ2n) is 4.76. The first-order valence-corrected chi connectivity index (χ1v) is 7.73. The lowest BCUT2D eigenvalue weighted by Crippen LogP contribution is -2.25. The van der Waals surface area contributed by atoms with Gasteiger partial charge in [-0.15, -0.1) is 0 Å². The van der Waals surface area contributed by atoms with Crippen LogP contribution >= 0.6 is 23.4 Å². The fourth-order valence-corrected chi connectivity index (χ4v) is 2.96. The summed E-state index contributed by atoms with van der Waals surface area (Å²) in [6.45, 7) is 3.19. The zero-order valence-corrected chi connectivity index (χ0v) is 13.5. The van der Waals surface area contributed by atoms with Gasteiger partial charge in [-0.1, -0.05) is 29.4 Å². The van der Waals surface area contributed by atoms with Gasteiger partial charge >= 0.3 is 0 Å². The van der Waals surface area contributed by atoms with E-state index in [0.717, 1.165) is 17.3 Å². The number of thioether (sulfide) groups is 1. The Balaban J connectivity index is 1.91. The number of aliphatic imine (C=N–C) groups is 1. The van der Waals surface area contributed by atoms with Gasteiger partial charge in [0, 0.05) is 24.1 Å². The first-order valence-electron chi connectivity index (χ1n) is 6.48. The minimum atomic E-state index is -0.622. The van der Waals surface area contributed by atoms with Crippen LogP contribution < -0.4 is 10.6 Å². The topological polar surface area (TPSA) is 87.6 Å². The van der Waals surface area contributed by atoms with Gasteiger partial charge in [-0.05, 0) is 24.6 Å². The van der Waals surface area contributed by atoms with E-state index in [4.69, 9.17) is 11.6 Å². The Morgan fingerprint density at radius 1 is 1.36 bits per heavy atom. The minimum Gasteiger partial charge on any atom is -0.326 e. The predicted octanol–water partition coefficient (Wildman–Crippen LogP) is 2.11. The number of nitrogens with one attached hydrogen (secondary N) is 2. The predicted molar refractivity (Wildman–Crippen MR) is 87.1 cm³/mol. The van der Waals surface area contributed by atoms with E-state index in [1.54, 1.807) is 18.2 Å². The van der Waals surface area contributed by atoms with Gasteiger partial charge in [-0.3, -0.25) is 14.4 Å². The molecule has 8 heteroatoms. The van der Waals surface area contributed by atoms with Crippen LogP contribution in [-0.2, 0) is 14.4 Å². The zero-order chi connectivity index (χ0) is 16.3. The van der Waals surface area contributed by atoms with Crippen LogP contribution in [0.4, 0.5) is 5.69 Å². The minimum absolute atomic E-state index is 0.0262. The van der Waals surface area contributed by atoms with Crippen molar-refractivity contribution < 1.29 is 14.4 Å². The number of rotatable bonds is 3. The van der Waals surface area contributed by atoms with E-state index in [0.29, 0.717) is 10.7 Å². The van der Waals surface area contributed by atoms with Gasteiger partial charge in [-0.25, -0.2) is 0 Å². The smallest absolute Gasteiger partial charge is 0.262 e. The Hall–Kier alpha value is -1.86. The maximum Gasteiger partial charge on any atom is 0.262 e. The normalized spacial score (nSPS) is 17.1. The van der Waals surface area contributed by atoms with Crippen LogP contribution in [0.3, 0.4) is 0 Å². The van der Waals surface area contributed by atoms with Crippen molar-refractivity contribution in [3.05, 3.63) is 28.8 Å². The summed E-state index contributed by atoms with van der Waals surface area (Å²) >= 11 is 7.06. The molecule has 22 heavy (non-hydrogen) atoms. The molecular weight excluding hydrogens is 326 g/mol. The molecule has 6 nitrogen and oxygen atoms in total. The number of amides is 3. The van der Waals surface area contributed by atoms with Crippen molar-refractivity contribution >= 4 is 51.9 Å². The second-order valence-corrected chi connectivity index (χ2v) is 6.36.